The van der Waals surface area contributed by atoms with Crippen molar-refractivity contribution in [2.75, 3.05) is 42.6 Å². The number of hydrogen-bond donors (Lipinski definition) is 6. The van der Waals surface area contributed by atoms with Crippen LogP contribution in [0.1, 0.15) is 103 Å². The van der Waals surface area contributed by atoms with Gasteiger partial charge in [-0.2, -0.15) is 0 Å². The summed E-state index contributed by atoms with van der Waals surface area (Å²) in [6.07, 6.45) is 12.0. The van der Waals surface area contributed by atoms with E-state index in [0.717, 1.165) is 0 Å². The molecule has 442 valence electrons. The largest absolute Gasteiger partial charge is 0.388 e. The highest BCUT2D eigenvalue weighted by atomic mass is 31.2. The van der Waals surface area contributed by atoms with E-state index in [2.05, 4.69) is 82.3 Å². The molecule has 0 radical (unpaired) electrons. The maximum Gasteiger partial charge on any atom is 0.330 e. The number of hydrogen-bond acceptors (Lipinski definition) is 21. The highest BCUT2D eigenvalue weighted by Gasteiger charge is 2.67. The third-order valence-electron chi connectivity index (χ3n) is 16.4. The topological polar surface area (TPSA) is 329 Å². The SMILES string of the molecule is CC[C@@]12CN(c3cnccn3)[C@@H]([C@H](n3cc(C)c(=O)[nH]c3=O)O1)[C@@H]2O.CC[C@@]12CN[C@@H]([C@H](n3cc(C)c(=O)[nH]c3=O)O1)[C@@H]2O.[C-]#[N+]CCOP(O[C@H]1[C@@H]2[C@H](n3cc(C)c(=O)[nH]c3=O)O[C@@]1(CC)CN2c1cnccn1)N(C(C)C)C(C)C. The minimum Gasteiger partial charge on any atom is -0.388 e. The van der Waals surface area contributed by atoms with Gasteiger partial charge in [0.05, 0.1) is 31.5 Å². The van der Waals surface area contributed by atoms with Crippen molar-refractivity contribution in [3.63, 3.8) is 0 Å². The zero-order valence-corrected chi connectivity index (χ0v) is 48.4. The second-order valence-electron chi connectivity index (χ2n) is 21.9. The molecule has 82 heavy (non-hydrogen) atoms. The van der Waals surface area contributed by atoms with Crippen LogP contribution in [0, 0.1) is 27.3 Å². The van der Waals surface area contributed by atoms with Crippen LogP contribution in [0.25, 0.3) is 4.85 Å². The second kappa shape index (κ2) is 23.9. The summed E-state index contributed by atoms with van der Waals surface area (Å²) in [5, 5.41) is 24.3. The lowest BCUT2D eigenvalue weighted by molar-refractivity contribution is -0.112. The smallest absolute Gasteiger partial charge is 0.330 e. The van der Waals surface area contributed by atoms with Crippen LogP contribution in [0.5, 0.6) is 0 Å². The molecule has 29 heteroatoms. The lowest BCUT2D eigenvalue weighted by Crippen LogP contribution is -2.48. The molecular formula is C53H72N15O13P. The minimum absolute atomic E-state index is 0.128. The van der Waals surface area contributed by atoms with E-state index in [0.29, 0.717) is 67.2 Å². The van der Waals surface area contributed by atoms with Gasteiger partial charge in [-0.3, -0.25) is 53.0 Å². The summed E-state index contributed by atoms with van der Waals surface area (Å²) >= 11 is 0. The van der Waals surface area contributed by atoms with E-state index in [1.807, 2.05) is 25.7 Å². The molecule has 1 unspecified atom stereocenters. The fraction of sp³-hybridized carbons (Fsp3) is 0.604. The van der Waals surface area contributed by atoms with Crippen LogP contribution >= 0.6 is 8.53 Å². The van der Waals surface area contributed by atoms with E-state index in [1.54, 1.807) is 58.0 Å². The molecule has 5 aromatic rings. The Morgan fingerprint density at radius 3 is 1.57 bits per heavy atom. The Balaban J connectivity index is 0.000000158. The summed E-state index contributed by atoms with van der Waals surface area (Å²) in [7, 11) is -1.57. The van der Waals surface area contributed by atoms with E-state index in [1.165, 1.54) is 32.3 Å². The number of ether oxygens (including phenoxy) is 3. The molecule has 0 aliphatic carbocycles. The molecule has 0 spiro atoms. The molecule has 6 bridgehead atoms. The molecule has 6 N–H and O–H groups in total. The average molecular weight is 1160 g/mol. The number of fused-ring (bicyclic) bond motifs is 6. The number of aliphatic hydroxyl groups is 2. The van der Waals surface area contributed by atoms with Gasteiger partial charge in [-0.1, -0.05) is 20.8 Å². The highest BCUT2D eigenvalue weighted by molar-refractivity contribution is 7.44. The first-order valence-corrected chi connectivity index (χ1v) is 28.6. The molecule has 28 nitrogen and oxygen atoms in total. The monoisotopic (exact) mass is 1160 g/mol. The van der Waals surface area contributed by atoms with Crippen molar-refractivity contribution in [3.8, 4) is 0 Å². The molecule has 6 aliphatic heterocycles. The van der Waals surface area contributed by atoms with Crippen LogP contribution in [-0.4, -0.2) is 162 Å². The van der Waals surface area contributed by atoms with Gasteiger partial charge in [0.15, 0.2) is 18.7 Å². The third-order valence-corrected chi connectivity index (χ3v) is 18.5. The maximum atomic E-state index is 13.0. The van der Waals surface area contributed by atoms with Crippen LogP contribution in [0.15, 0.2) is 84.5 Å². The summed E-state index contributed by atoms with van der Waals surface area (Å²) < 4.78 is 38.1. The molecule has 6 aliphatic rings. The van der Waals surface area contributed by atoms with Crippen molar-refractivity contribution in [3.05, 3.63) is 146 Å². The number of H-pyrrole nitrogens is 3. The van der Waals surface area contributed by atoms with Crippen molar-refractivity contribution in [2.45, 2.75) is 173 Å². The van der Waals surface area contributed by atoms with Gasteiger partial charge in [0.1, 0.15) is 65.4 Å². The molecule has 0 aromatic carbocycles. The van der Waals surface area contributed by atoms with Crippen molar-refractivity contribution >= 4 is 20.2 Å². The molecular weight excluding hydrogens is 1090 g/mol. The first kappa shape index (κ1) is 60.0. The molecule has 13 atom stereocenters. The Labute approximate surface area is 472 Å². The predicted octanol–water partition coefficient (Wildman–Crippen LogP) is 1.29. The summed E-state index contributed by atoms with van der Waals surface area (Å²) in [5.74, 6) is 1.26. The number of morpholine rings is 3. The number of nitrogens with one attached hydrogen (secondary N) is 4. The van der Waals surface area contributed by atoms with E-state index < -0.39 is 108 Å². The quantitative estimate of drug-likeness (QED) is 0.0460. The number of aromatic amines is 3. The predicted molar refractivity (Wildman–Crippen MR) is 299 cm³/mol. The molecule has 6 fully saturated rings. The van der Waals surface area contributed by atoms with E-state index in [-0.39, 0.29) is 31.3 Å². The van der Waals surface area contributed by atoms with Gasteiger partial charge in [0.25, 0.3) is 25.2 Å². The molecule has 5 aromatic heterocycles. The normalized spacial score (nSPS) is 29.8. The molecule has 11 heterocycles. The van der Waals surface area contributed by atoms with Crippen molar-refractivity contribution < 1.29 is 33.5 Å². The van der Waals surface area contributed by atoms with Crippen LogP contribution in [0.4, 0.5) is 11.6 Å². The number of aryl methyl sites for hydroxylation is 3. The van der Waals surface area contributed by atoms with Gasteiger partial charge in [-0.05, 0) is 67.7 Å². The molecule has 0 amide bonds. The number of anilines is 2. The standard InChI is InChI=1S/C25H36N7O5P.C16H19N5O4.C12H17N3O4/c1-8-25-15-31(19-13-27-9-10-28-19)20(23(36-25)30-14-18(6)22(33)29-24(30)34)21(25)37-38(35-12-11-26-7)32(16(2)3)17(4)5;1-3-16-8-21(10-6-17-4-5-18-10)11(12(16)22)14(25-16)20-7-9(2)13(23)19-15(20)24;1-3-12-5-13-7(8(12)16)10(19-12)15-4-6(2)9(17)14-11(15)18/h9-10,13-14,16-17,20-21,23H,8,11-12,15H2,1-6H3,(H,29,33,34);4-7,11-12,14,22H,3,8H2,1-2H3,(H,19,23,24);4,7-8,10,13,16H,3,5H2,1-2H3,(H,14,17,18)/t20-,21+,23-,25+,38?;11-,12+,14-,16+;7-,8+,10-,12+/m111/s1. The van der Waals surface area contributed by atoms with Gasteiger partial charge in [0, 0.05) is 78.7 Å². The van der Waals surface area contributed by atoms with Gasteiger partial charge in [-0.25, -0.2) is 35.6 Å². The van der Waals surface area contributed by atoms with E-state index in [9.17, 15) is 39.0 Å². The van der Waals surface area contributed by atoms with Crippen LogP contribution < -0.4 is 48.9 Å². The van der Waals surface area contributed by atoms with Crippen LogP contribution in [0.3, 0.4) is 0 Å². The number of aliphatic hydroxyl groups excluding tert-OH is 2. The maximum absolute atomic E-state index is 13.0. The molecule has 6 saturated heterocycles. The number of nitrogens with zero attached hydrogens (tertiary/aromatic N) is 11. The van der Waals surface area contributed by atoms with Crippen LogP contribution in [-0.2, 0) is 23.3 Å². The van der Waals surface area contributed by atoms with Gasteiger partial charge in [-0.15, -0.1) is 0 Å². The Morgan fingerprint density at radius 1 is 0.683 bits per heavy atom. The Hall–Kier alpha value is -6.64. The van der Waals surface area contributed by atoms with Crippen molar-refractivity contribution in [2.24, 2.45) is 0 Å². The highest BCUT2D eigenvalue weighted by Crippen LogP contribution is 2.57. The average Bonchev–Trinajstić information content (AvgIpc) is 3.44. The van der Waals surface area contributed by atoms with E-state index in [4.69, 9.17) is 29.8 Å². The number of rotatable bonds is 16. The first-order valence-electron chi connectivity index (χ1n) is 27.4. The Kier molecular flexibility index (Phi) is 17.5. The van der Waals surface area contributed by atoms with Gasteiger partial charge in [0.2, 0.25) is 6.54 Å². The molecule has 11 rings (SSSR count). The summed E-state index contributed by atoms with van der Waals surface area (Å²) in [5.41, 5.74) is -3.87. The molecule has 0 saturated carbocycles. The summed E-state index contributed by atoms with van der Waals surface area (Å²) in [6.45, 7) is 28.3. The van der Waals surface area contributed by atoms with Gasteiger partial charge < -0.3 is 53.4 Å². The van der Waals surface area contributed by atoms with Crippen molar-refractivity contribution in [1.29, 1.82) is 0 Å². The fourth-order valence-corrected chi connectivity index (χ4v) is 13.8. The van der Waals surface area contributed by atoms with Crippen molar-refractivity contribution in [1.82, 2.24) is 58.6 Å². The zero-order valence-electron chi connectivity index (χ0n) is 47.5. The summed E-state index contributed by atoms with van der Waals surface area (Å²) in [6, 6.07) is -1.03. The first-order chi connectivity index (χ1) is 39.1. The Bertz CT molecular complexity index is 3490. The lowest BCUT2D eigenvalue weighted by atomic mass is 9.96. The second-order valence-corrected chi connectivity index (χ2v) is 23.3. The summed E-state index contributed by atoms with van der Waals surface area (Å²) in [4.78, 5) is 104. The third kappa shape index (κ3) is 10.8. The number of aromatic nitrogens is 10. The fourth-order valence-electron chi connectivity index (χ4n) is 12.0. The van der Waals surface area contributed by atoms with E-state index >= 15 is 0 Å². The Morgan fingerprint density at radius 2 is 1.13 bits per heavy atom. The van der Waals surface area contributed by atoms with Crippen LogP contribution in [0.2, 0.25) is 0 Å². The van der Waals surface area contributed by atoms with Gasteiger partial charge >= 0.3 is 17.1 Å². The zero-order chi connectivity index (χ0) is 59.2. The lowest BCUT2D eigenvalue weighted by Gasteiger charge is -2.38. The minimum atomic E-state index is -1.57.